The Kier molecular flexibility index (Phi) is 27.5. The molecule has 20 heteroatoms. The van der Waals surface area contributed by atoms with Crippen LogP contribution in [0.3, 0.4) is 0 Å². The van der Waals surface area contributed by atoms with Crippen LogP contribution in [0.1, 0.15) is 115 Å². The first kappa shape index (κ1) is 66.2. The molecular formula is C59H84N2O18. The summed E-state index contributed by atoms with van der Waals surface area (Å²) in [5.41, 5.74) is 12.7. The van der Waals surface area contributed by atoms with Crippen LogP contribution in [0, 0.1) is 23.7 Å². The topological polar surface area (TPSA) is 356 Å². The van der Waals surface area contributed by atoms with Gasteiger partial charge in [-0.15, -0.1) is 0 Å². The smallest absolute Gasteiger partial charge is 0.313 e. The molecule has 2 bridgehead atoms. The van der Waals surface area contributed by atoms with Crippen LogP contribution in [-0.4, -0.2) is 161 Å². The summed E-state index contributed by atoms with van der Waals surface area (Å²) < 4.78 is 23.7. The van der Waals surface area contributed by atoms with Crippen LogP contribution in [0.4, 0.5) is 5.69 Å². The Bertz CT molecular complexity index is 2330. The van der Waals surface area contributed by atoms with Crippen molar-refractivity contribution in [1.82, 2.24) is 0 Å². The molecule has 20 nitrogen and oxygen atoms in total. The number of Topliss-reactive ketones (excluding diaryl/α,β-unsaturated/α-hetero) is 3. The van der Waals surface area contributed by atoms with Crippen molar-refractivity contribution in [3.05, 3.63) is 115 Å². The van der Waals surface area contributed by atoms with E-state index in [2.05, 4.69) is 0 Å². The first-order valence-electron chi connectivity index (χ1n) is 27.1. The number of hydrogen-bond donors (Lipinski definition) is 11. The lowest BCUT2D eigenvalue weighted by Gasteiger charge is -2.45. The number of benzene rings is 1. The molecule has 18 atom stereocenters. The number of ether oxygens (including phenoxy) is 4. The summed E-state index contributed by atoms with van der Waals surface area (Å²) in [5.74, 6) is -8.34. The molecule has 3 aliphatic rings. The number of aliphatic hydroxyl groups is 8. The number of nitrogen functional groups attached to an aromatic ring is 1. The van der Waals surface area contributed by atoms with Crippen LogP contribution in [0.25, 0.3) is 0 Å². The van der Waals surface area contributed by atoms with Gasteiger partial charge in [0.25, 0.3) is 0 Å². The SMILES string of the molecule is CC1/C=C/C=C/C=C/C=C/C=C/C=C/C=C/C(OC2O[C@H](C)[C@@H](O)[C@H](N)[C@@H]2O)CC2OC(O)(CC(O)CC(O)CC(O)CC(=O)CCCC(=O)CC(=O)OC1C(C)CC(C)C(O)CC(=O)c1ccc(N)cc1)CC(O)C2C(=O)O. The fraction of sp³-hybridized carbons (Fsp3) is 0.576. The number of carbonyl (C=O) groups is 5. The van der Waals surface area contributed by atoms with Gasteiger partial charge < -0.3 is 76.4 Å². The fourth-order valence-electron chi connectivity index (χ4n) is 10.0. The van der Waals surface area contributed by atoms with E-state index in [4.69, 9.17) is 30.4 Å². The monoisotopic (exact) mass is 1110 g/mol. The third kappa shape index (κ3) is 22.6. The molecule has 0 radical (unpaired) electrons. The number of esters is 1. The number of nitrogens with two attached hydrogens (primary N) is 2. The van der Waals surface area contributed by atoms with Gasteiger partial charge in [-0.1, -0.05) is 106 Å². The first-order chi connectivity index (χ1) is 37.4. The Balaban J connectivity index is 1.54. The third-order valence-electron chi connectivity index (χ3n) is 14.4. The number of fused-ring (bicyclic) bond motifs is 2. The maximum Gasteiger partial charge on any atom is 0.313 e. The van der Waals surface area contributed by atoms with Gasteiger partial charge in [-0.3, -0.25) is 24.0 Å². The van der Waals surface area contributed by atoms with Crippen LogP contribution in [0.2, 0.25) is 0 Å². The number of ketones is 3. The minimum Gasteiger partial charge on any atom is -0.481 e. The lowest BCUT2D eigenvalue weighted by Crippen LogP contribution is -2.61. The second kappa shape index (κ2) is 32.8. The predicted molar refractivity (Wildman–Crippen MR) is 292 cm³/mol. The van der Waals surface area contributed by atoms with E-state index < -0.39 is 147 Å². The van der Waals surface area contributed by atoms with Crippen molar-refractivity contribution in [2.75, 3.05) is 5.73 Å². The molecule has 3 aliphatic heterocycles. The maximum atomic E-state index is 13.3. The molecule has 3 heterocycles. The predicted octanol–water partition coefficient (Wildman–Crippen LogP) is 3.77. The standard InChI is InChI=1S/C59H84N2O18/c1-35-18-15-13-11-9-7-5-6-8-10-12-14-16-21-46(77-58-55(72)53(61)54(71)38(4)76-58)31-50-52(57(73)74)49(69)34-59(75,79-50)33-45(66)29-44(65)28-43(64)27-41(62)19-17-20-42(63)30-51(70)78-56(35)37(3)26-36(2)47(67)32-48(68)39-22-24-40(60)25-23-39/h5-16,18,21-25,35-38,43-47,49-50,52-56,58,64-67,69,71-72,75H,17,19-20,26-34,60-61H2,1-4H3,(H,73,74)/b6-5+,9-7+,10-8+,13-11+,14-12+,18-15+,21-16+/t35?,36?,37?,38-,43?,44?,45?,46?,47?,49?,50?,52?,53+,54-,55+,56?,58?,59?/m1/s1. The summed E-state index contributed by atoms with van der Waals surface area (Å²) in [4.78, 5) is 64.6. The second-order valence-corrected chi connectivity index (χ2v) is 21.4. The molecule has 0 aromatic heterocycles. The maximum absolute atomic E-state index is 13.3. The Morgan fingerprint density at radius 2 is 1.33 bits per heavy atom. The van der Waals surface area contributed by atoms with Crippen molar-refractivity contribution in [2.24, 2.45) is 29.4 Å². The van der Waals surface area contributed by atoms with Crippen LogP contribution >= 0.6 is 0 Å². The zero-order valence-corrected chi connectivity index (χ0v) is 45.5. The number of carboxylic acids is 1. The number of rotatable bonds is 10. The van der Waals surface area contributed by atoms with Gasteiger partial charge in [0, 0.05) is 62.1 Å². The van der Waals surface area contributed by atoms with Gasteiger partial charge in [-0.2, -0.15) is 0 Å². The molecule has 13 N–H and O–H groups in total. The van der Waals surface area contributed by atoms with Crippen LogP contribution in [0.15, 0.2) is 109 Å². The molecule has 14 unspecified atom stereocenters. The van der Waals surface area contributed by atoms with Crippen molar-refractivity contribution in [3.8, 4) is 0 Å². The van der Waals surface area contributed by atoms with Crippen molar-refractivity contribution in [3.63, 3.8) is 0 Å². The molecule has 438 valence electrons. The minimum atomic E-state index is -2.32. The van der Waals surface area contributed by atoms with Crippen molar-refractivity contribution >= 4 is 35.0 Å². The first-order valence-corrected chi connectivity index (χ1v) is 27.1. The summed E-state index contributed by atoms with van der Waals surface area (Å²) in [6.07, 6.45) is 5.73. The molecule has 79 heavy (non-hydrogen) atoms. The number of aliphatic hydroxyl groups excluding tert-OH is 7. The normalized spacial score (nSPS) is 36.9. The van der Waals surface area contributed by atoms with E-state index in [1.165, 1.54) is 13.0 Å². The number of anilines is 1. The Hall–Kier alpha value is -5.33. The van der Waals surface area contributed by atoms with Gasteiger partial charge in [-0.25, -0.2) is 0 Å². The van der Waals surface area contributed by atoms with Gasteiger partial charge in [-0.05, 0) is 68.7 Å². The number of carbonyl (C=O) groups excluding carboxylic acids is 4. The summed E-state index contributed by atoms with van der Waals surface area (Å²) in [7, 11) is 0. The number of hydrogen-bond acceptors (Lipinski definition) is 19. The fourth-order valence-corrected chi connectivity index (χ4v) is 10.0. The molecule has 1 aromatic carbocycles. The van der Waals surface area contributed by atoms with Crippen molar-refractivity contribution in [2.45, 2.75) is 190 Å². The lowest BCUT2D eigenvalue weighted by atomic mass is 9.82. The largest absolute Gasteiger partial charge is 0.481 e. The molecule has 1 aromatic rings. The summed E-state index contributed by atoms with van der Waals surface area (Å²) in [6, 6.07) is 5.27. The summed E-state index contributed by atoms with van der Waals surface area (Å²) in [5, 5.41) is 97.8. The molecule has 0 aliphatic carbocycles. The van der Waals surface area contributed by atoms with E-state index >= 15 is 0 Å². The van der Waals surface area contributed by atoms with Gasteiger partial charge in [0.15, 0.2) is 17.9 Å². The van der Waals surface area contributed by atoms with E-state index in [1.54, 1.807) is 97.2 Å². The van der Waals surface area contributed by atoms with Crippen LogP contribution < -0.4 is 11.5 Å². The molecule has 2 saturated heterocycles. The summed E-state index contributed by atoms with van der Waals surface area (Å²) in [6.45, 7) is 7.07. The highest BCUT2D eigenvalue weighted by Crippen LogP contribution is 2.38. The number of allylic oxidation sites excluding steroid dienone is 12. The van der Waals surface area contributed by atoms with E-state index in [-0.39, 0.29) is 62.1 Å². The molecular weight excluding hydrogens is 1020 g/mol. The molecule has 2 fully saturated rings. The quantitative estimate of drug-likeness (QED) is 0.0687. The van der Waals surface area contributed by atoms with Gasteiger partial charge in [0.05, 0.1) is 61.0 Å². The van der Waals surface area contributed by atoms with Crippen LogP contribution in [-0.2, 0) is 38.1 Å². The average molecular weight is 1110 g/mol. The van der Waals surface area contributed by atoms with Gasteiger partial charge in [0.2, 0.25) is 0 Å². The van der Waals surface area contributed by atoms with E-state index in [0.717, 1.165) is 0 Å². The van der Waals surface area contributed by atoms with E-state index in [1.807, 2.05) is 26.8 Å². The number of cyclic esters (lactones) is 1. The van der Waals surface area contributed by atoms with Crippen LogP contribution in [0.5, 0.6) is 0 Å². The number of carboxylic acid groups (broad SMARTS) is 1. The third-order valence-corrected chi connectivity index (χ3v) is 14.4. The minimum absolute atomic E-state index is 0.0673. The number of aliphatic carboxylic acids is 1. The zero-order chi connectivity index (χ0) is 58.4. The van der Waals surface area contributed by atoms with Crippen molar-refractivity contribution in [1.29, 1.82) is 0 Å². The highest BCUT2D eigenvalue weighted by molar-refractivity contribution is 5.97. The summed E-state index contributed by atoms with van der Waals surface area (Å²) >= 11 is 0. The Morgan fingerprint density at radius 1 is 0.759 bits per heavy atom. The molecule has 4 rings (SSSR count). The highest BCUT2D eigenvalue weighted by atomic mass is 16.7. The van der Waals surface area contributed by atoms with Crippen molar-refractivity contribution < 1.29 is 88.9 Å². The Morgan fingerprint density at radius 3 is 1.94 bits per heavy atom. The zero-order valence-electron chi connectivity index (χ0n) is 45.5. The highest BCUT2D eigenvalue weighted by Gasteiger charge is 2.51. The van der Waals surface area contributed by atoms with Gasteiger partial charge >= 0.3 is 11.9 Å². The van der Waals surface area contributed by atoms with Gasteiger partial charge in [0.1, 0.15) is 36.1 Å². The molecule has 0 spiro atoms. The van der Waals surface area contributed by atoms with E-state index in [0.29, 0.717) is 17.7 Å². The molecule has 0 amide bonds. The second-order valence-electron chi connectivity index (χ2n) is 21.4. The Labute approximate surface area is 462 Å². The average Bonchev–Trinajstić information content (AvgIpc) is 3.40. The van der Waals surface area contributed by atoms with E-state index in [9.17, 15) is 69.9 Å². The lowest BCUT2D eigenvalue weighted by molar-refractivity contribution is -0.308. The molecule has 0 saturated carbocycles.